The lowest BCUT2D eigenvalue weighted by molar-refractivity contribution is 0.399. The van der Waals surface area contributed by atoms with Gasteiger partial charge in [-0.05, 0) is 17.7 Å². The summed E-state index contributed by atoms with van der Waals surface area (Å²) in [5, 5.41) is 0. The van der Waals surface area contributed by atoms with Crippen molar-refractivity contribution in [1.82, 2.24) is 15.0 Å². The van der Waals surface area contributed by atoms with Gasteiger partial charge in [0.15, 0.2) is 5.65 Å². The number of nitrogens with one attached hydrogen (secondary N) is 1. The summed E-state index contributed by atoms with van der Waals surface area (Å²) in [7, 11) is 1.59. The van der Waals surface area contributed by atoms with E-state index in [0.29, 0.717) is 17.4 Å². The minimum Gasteiger partial charge on any atom is -0.481 e. The standard InChI is InChI=1S/C14H12ClN3O/c1-19-12-6-5-11-14(17-12)18-13(16-11)10-4-2-3-9(7-10)8-15/h2-7H,8H2,1H3,(H,16,17,18). The van der Waals surface area contributed by atoms with E-state index >= 15 is 0 Å². The van der Waals surface area contributed by atoms with Crippen molar-refractivity contribution in [2.24, 2.45) is 0 Å². The molecule has 0 aliphatic heterocycles. The van der Waals surface area contributed by atoms with Crippen molar-refractivity contribution in [3.63, 3.8) is 0 Å². The van der Waals surface area contributed by atoms with Gasteiger partial charge in [-0.3, -0.25) is 0 Å². The number of aromatic nitrogens is 3. The van der Waals surface area contributed by atoms with Crippen LogP contribution in [0.25, 0.3) is 22.6 Å². The van der Waals surface area contributed by atoms with Gasteiger partial charge in [0.25, 0.3) is 0 Å². The molecular weight excluding hydrogens is 262 g/mol. The van der Waals surface area contributed by atoms with Crippen molar-refractivity contribution >= 4 is 22.8 Å². The lowest BCUT2D eigenvalue weighted by Gasteiger charge is -1.98. The Morgan fingerprint density at radius 1 is 1.21 bits per heavy atom. The van der Waals surface area contributed by atoms with Crippen molar-refractivity contribution < 1.29 is 4.74 Å². The van der Waals surface area contributed by atoms with Crippen LogP contribution in [-0.2, 0) is 5.88 Å². The van der Waals surface area contributed by atoms with Crippen molar-refractivity contribution in [2.45, 2.75) is 5.88 Å². The molecule has 0 unspecified atom stereocenters. The number of hydrogen-bond acceptors (Lipinski definition) is 3. The van der Waals surface area contributed by atoms with Crippen LogP contribution in [-0.4, -0.2) is 22.1 Å². The topological polar surface area (TPSA) is 50.8 Å². The zero-order chi connectivity index (χ0) is 13.2. The summed E-state index contributed by atoms with van der Waals surface area (Å²) >= 11 is 5.85. The molecular formula is C14H12ClN3O. The molecule has 2 heterocycles. The van der Waals surface area contributed by atoms with Crippen LogP contribution in [0.5, 0.6) is 5.88 Å². The van der Waals surface area contributed by atoms with Crippen LogP contribution in [0.15, 0.2) is 36.4 Å². The molecule has 3 aromatic rings. The number of alkyl halides is 1. The monoisotopic (exact) mass is 273 g/mol. The van der Waals surface area contributed by atoms with Crippen LogP contribution in [0.3, 0.4) is 0 Å². The van der Waals surface area contributed by atoms with Crippen LogP contribution in [0.1, 0.15) is 5.56 Å². The number of benzene rings is 1. The van der Waals surface area contributed by atoms with E-state index in [2.05, 4.69) is 15.0 Å². The van der Waals surface area contributed by atoms with Gasteiger partial charge in [0, 0.05) is 17.5 Å². The number of halogens is 1. The second-order valence-corrected chi connectivity index (χ2v) is 4.41. The Morgan fingerprint density at radius 3 is 2.89 bits per heavy atom. The molecule has 19 heavy (non-hydrogen) atoms. The minimum atomic E-state index is 0.486. The maximum absolute atomic E-state index is 5.85. The third-order valence-corrected chi connectivity index (χ3v) is 3.19. The SMILES string of the molecule is COc1ccc2[nH]c(-c3cccc(CCl)c3)nc2n1. The lowest BCUT2D eigenvalue weighted by atomic mass is 10.1. The van der Waals surface area contributed by atoms with E-state index in [1.165, 1.54) is 0 Å². The van der Waals surface area contributed by atoms with Crippen LogP contribution < -0.4 is 4.74 Å². The first-order chi connectivity index (χ1) is 9.30. The molecule has 0 aliphatic rings. The van der Waals surface area contributed by atoms with E-state index in [1.807, 2.05) is 30.3 Å². The molecule has 0 spiro atoms. The molecule has 4 nitrogen and oxygen atoms in total. The van der Waals surface area contributed by atoms with Gasteiger partial charge in [-0.25, -0.2) is 4.98 Å². The molecule has 0 radical (unpaired) electrons. The Bertz CT molecular complexity index is 724. The first-order valence-corrected chi connectivity index (χ1v) is 6.39. The van der Waals surface area contributed by atoms with E-state index in [9.17, 15) is 0 Å². The van der Waals surface area contributed by atoms with Crippen LogP contribution >= 0.6 is 11.6 Å². The van der Waals surface area contributed by atoms with Gasteiger partial charge in [0.05, 0.1) is 12.6 Å². The van der Waals surface area contributed by atoms with Crippen LogP contribution in [0.2, 0.25) is 0 Å². The number of fused-ring (bicyclic) bond motifs is 1. The molecule has 0 amide bonds. The summed E-state index contributed by atoms with van der Waals surface area (Å²) in [6, 6.07) is 11.7. The fraction of sp³-hybridized carbons (Fsp3) is 0.143. The fourth-order valence-corrected chi connectivity index (χ4v) is 2.09. The van der Waals surface area contributed by atoms with Crippen molar-refractivity contribution in [2.75, 3.05) is 7.11 Å². The molecule has 0 saturated carbocycles. The molecule has 2 aromatic heterocycles. The Kier molecular flexibility index (Phi) is 3.09. The van der Waals surface area contributed by atoms with E-state index in [-0.39, 0.29) is 0 Å². The van der Waals surface area contributed by atoms with Crippen LogP contribution in [0.4, 0.5) is 0 Å². The predicted octanol–water partition coefficient (Wildman–Crippen LogP) is 3.37. The second-order valence-electron chi connectivity index (χ2n) is 4.14. The Hall–Kier alpha value is -2.07. The van der Waals surface area contributed by atoms with E-state index < -0.39 is 0 Å². The van der Waals surface area contributed by atoms with Gasteiger partial charge in [-0.2, -0.15) is 4.98 Å². The maximum Gasteiger partial charge on any atom is 0.215 e. The van der Waals surface area contributed by atoms with Gasteiger partial charge in [0.1, 0.15) is 5.82 Å². The largest absolute Gasteiger partial charge is 0.481 e. The normalized spacial score (nSPS) is 10.8. The predicted molar refractivity (Wildman–Crippen MR) is 75.4 cm³/mol. The molecule has 5 heteroatoms. The Balaban J connectivity index is 2.09. The molecule has 1 aromatic carbocycles. The van der Waals surface area contributed by atoms with Gasteiger partial charge in [0.2, 0.25) is 5.88 Å². The average molecular weight is 274 g/mol. The number of imidazole rings is 1. The number of ether oxygens (including phenoxy) is 1. The molecule has 0 fully saturated rings. The highest BCUT2D eigenvalue weighted by molar-refractivity contribution is 6.17. The average Bonchev–Trinajstić information content (AvgIpc) is 2.90. The highest BCUT2D eigenvalue weighted by Crippen LogP contribution is 2.22. The van der Waals surface area contributed by atoms with Crippen LogP contribution in [0, 0.1) is 0 Å². The highest BCUT2D eigenvalue weighted by atomic mass is 35.5. The number of rotatable bonds is 3. The van der Waals surface area contributed by atoms with Crippen molar-refractivity contribution in [3.05, 3.63) is 42.0 Å². The summed E-state index contributed by atoms with van der Waals surface area (Å²) in [6.45, 7) is 0. The second kappa shape index (κ2) is 4.90. The van der Waals surface area contributed by atoms with Gasteiger partial charge >= 0.3 is 0 Å². The molecule has 0 aliphatic carbocycles. The Morgan fingerprint density at radius 2 is 2.11 bits per heavy atom. The highest BCUT2D eigenvalue weighted by Gasteiger charge is 2.07. The number of nitrogens with zero attached hydrogens (tertiary/aromatic N) is 2. The zero-order valence-electron chi connectivity index (χ0n) is 10.4. The van der Waals surface area contributed by atoms with E-state index in [0.717, 1.165) is 22.5 Å². The lowest BCUT2D eigenvalue weighted by Crippen LogP contribution is -1.86. The van der Waals surface area contributed by atoms with Crippen molar-refractivity contribution in [3.8, 4) is 17.3 Å². The quantitative estimate of drug-likeness (QED) is 0.745. The maximum atomic E-state index is 5.85. The molecule has 96 valence electrons. The summed E-state index contributed by atoms with van der Waals surface area (Å²) in [6.07, 6.45) is 0. The number of H-pyrrole nitrogens is 1. The molecule has 3 rings (SSSR count). The smallest absolute Gasteiger partial charge is 0.215 e. The number of methoxy groups -OCH3 is 1. The molecule has 0 atom stereocenters. The van der Waals surface area contributed by atoms with E-state index in [4.69, 9.17) is 16.3 Å². The number of pyridine rings is 1. The third kappa shape index (κ3) is 2.27. The zero-order valence-corrected chi connectivity index (χ0v) is 11.1. The number of hydrogen-bond donors (Lipinski definition) is 1. The molecule has 0 saturated heterocycles. The molecule has 0 bridgehead atoms. The number of aromatic amines is 1. The fourth-order valence-electron chi connectivity index (χ4n) is 1.93. The minimum absolute atomic E-state index is 0.486. The van der Waals surface area contributed by atoms with E-state index in [1.54, 1.807) is 13.2 Å². The molecule has 1 N–H and O–H groups in total. The summed E-state index contributed by atoms with van der Waals surface area (Å²) in [5.74, 6) is 1.82. The summed E-state index contributed by atoms with van der Waals surface area (Å²) in [5.41, 5.74) is 3.58. The van der Waals surface area contributed by atoms with Crippen molar-refractivity contribution in [1.29, 1.82) is 0 Å². The van der Waals surface area contributed by atoms with Gasteiger partial charge in [-0.1, -0.05) is 18.2 Å². The first-order valence-electron chi connectivity index (χ1n) is 5.86. The van der Waals surface area contributed by atoms with Gasteiger partial charge < -0.3 is 9.72 Å². The van der Waals surface area contributed by atoms with Gasteiger partial charge in [-0.15, -0.1) is 11.6 Å². The Labute approximate surface area is 115 Å². The summed E-state index contributed by atoms with van der Waals surface area (Å²) < 4.78 is 5.09. The third-order valence-electron chi connectivity index (χ3n) is 2.88. The first kappa shape index (κ1) is 12.0. The summed E-state index contributed by atoms with van der Waals surface area (Å²) in [4.78, 5) is 12.0.